The zero-order valence-corrected chi connectivity index (χ0v) is 12.8. The Morgan fingerprint density at radius 1 is 0.947 bits per heavy atom. The third-order valence-electron chi connectivity index (χ3n) is 3.21. The summed E-state index contributed by atoms with van der Waals surface area (Å²) in [4.78, 5) is 27.2. The number of amides is 1. The van der Waals surface area contributed by atoms with Crippen molar-refractivity contribution in [1.82, 2.24) is 9.80 Å². The van der Waals surface area contributed by atoms with Gasteiger partial charge in [-0.15, -0.1) is 0 Å². The maximum absolute atomic E-state index is 12.0. The predicted molar refractivity (Wildman–Crippen MR) is 75.9 cm³/mol. The topological polar surface area (TPSA) is 49.9 Å². The van der Waals surface area contributed by atoms with Crippen LogP contribution in [0.2, 0.25) is 0 Å². The predicted octanol–water partition coefficient (Wildman–Crippen LogP) is 1.52. The van der Waals surface area contributed by atoms with Crippen molar-refractivity contribution < 1.29 is 14.3 Å². The van der Waals surface area contributed by atoms with Crippen molar-refractivity contribution in [2.45, 2.75) is 40.0 Å². The molecule has 0 N–H and O–H groups in total. The van der Waals surface area contributed by atoms with E-state index in [-0.39, 0.29) is 18.3 Å². The van der Waals surface area contributed by atoms with Crippen LogP contribution in [0.3, 0.4) is 0 Å². The number of hydrogen-bond donors (Lipinski definition) is 0. The van der Waals surface area contributed by atoms with Crippen molar-refractivity contribution in [2.75, 3.05) is 39.8 Å². The number of hydrogen-bond acceptors (Lipinski definition) is 4. The Hall–Kier alpha value is -1.10. The fourth-order valence-electron chi connectivity index (χ4n) is 1.86. The van der Waals surface area contributed by atoms with Crippen LogP contribution in [0.1, 0.15) is 40.0 Å². The van der Waals surface area contributed by atoms with E-state index in [1.54, 1.807) is 4.90 Å². The van der Waals surface area contributed by atoms with Gasteiger partial charge in [-0.25, -0.2) is 0 Å². The lowest BCUT2D eigenvalue weighted by Gasteiger charge is -2.26. The molecule has 0 radical (unpaired) electrons. The highest BCUT2D eigenvalue weighted by Crippen LogP contribution is 2.01. The molecule has 0 aliphatic rings. The van der Waals surface area contributed by atoms with Crippen LogP contribution in [0.5, 0.6) is 0 Å². The Labute approximate surface area is 116 Å². The van der Waals surface area contributed by atoms with Crippen LogP contribution in [0.15, 0.2) is 0 Å². The number of carbonyl (C=O) groups is 2. The van der Waals surface area contributed by atoms with Crippen molar-refractivity contribution in [3.63, 3.8) is 0 Å². The quantitative estimate of drug-likeness (QED) is 0.566. The summed E-state index contributed by atoms with van der Waals surface area (Å²) in [5.74, 6) is -0.143. The highest BCUT2D eigenvalue weighted by molar-refractivity contribution is 5.77. The molecule has 0 aromatic carbocycles. The number of nitrogens with zero attached hydrogens (tertiary/aromatic N) is 2. The lowest BCUT2D eigenvalue weighted by molar-refractivity contribution is -0.141. The van der Waals surface area contributed by atoms with Crippen molar-refractivity contribution in [3.8, 4) is 0 Å². The molecular formula is C14H28N2O3. The first-order valence-electron chi connectivity index (χ1n) is 7.15. The standard InChI is InChI=1S/C14H28N2O3/c1-5-8-13(17)16(10-9-14(18)19-4)12-11-15(6-2)7-3/h5-12H2,1-4H3. The van der Waals surface area contributed by atoms with Crippen LogP contribution in [-0.2, 0) is 14.3 Å². The van der Waals surface area contributed by atoms with Crippen molar-refractivity contribution in [2.24, 2.45) is 0 Å². The summed E-state index contributed by atoms with van der Waals surface area (Å²) in [5.41, 5.74) is 0. The van der Waals surface area contributed by atoms with E-state index in [1.807, 2.05) is 6.92 Å². The van der Waals surface area contributed by atoms with E-state index in [0.717, 1.165) is 26.1 Å². The molecule has 0 spiro atoms. The fourth-order valence-corrected chi connectivity index (χ4v) is 1.86. The number of ether oxygens (including phenoxy) is 1. The summed E-state index contributed by atoms with van der Waals surface area (Å²) < 4.78 is 4.62. The molecule has 0 fully saturated rings. The summed E-state index contributed by atoms with van der Waals surface area (Å²) in [6.45, 7) is 10.1. The summed E-state index contributed by atoms with van der Waals surface area (Å²) in [6.07, 6.45) is 1.64. The average Bonchev–Trinajstić information content (AvgIpc) is 2.42. The highest BCUT2D eigenvalue weighted by Gasteiger charge is 2.15. The van der Waals surface area contributed by atoms with Crippen molar-refractivity contribution >= 4 is 11.9 Å². The smallest absolute Gasteiger partial charge is 0.307 e. The van der Waals surface area contributed by atoms with Gasteiger partial charge in [-0.3, -0.25) is 9.59 Å². The monoisotopic (exact) mass is 272 g/mol. The van der Waals surface area contributed by atoms with Crippen LogP contribution in [-0.4, -0.2) is 61.5 Å². The third kappa shape index (κ3) is 7.82. The number of esters is 1. The largest absolute Gasteiger partial charge is 0.469 e. The van der Waals surface area contributed by atoms with Gasteiger partial charge in [0.1, 0.15) is 0 Å². The normalized spacial score (nSPS) is 10.6. The van der Waals surface area contributed by atoms with E-state index in [9.17, 15) is 9.59 Å². The van der Waals surface area contributed by atoms with E-state index in [4.69, 9.17) is 0 Å². The van der Waals surface area contributed by atoms with Gasteiger partial charge in [0.2, 0.25) is 5.91 Å². The van der Waals surface area contributed by atoms with E-state index < -0.39 is 0 Å². The van der Waals surface area contributed by atoms with Crippen LogP contribution in [0.4, 0.5) is 0 Å². The van der Waals surface area contributed by atoms with Gasteiger partial charge in [-0.1, -0.05) is 20.8 Å². The van der Waals surface area contributed by atoms with Gasteiger partial charge in [0, 0.05) is 26.1 Å². The Balaban J connectivity index is 4.32. The molecule has 0 bridgehead atoms. The lowest BCUT2D eigenvalue weighted by Crippen LogP contribution is -2.39. The molecule has 112 valence electrons. The van der Waals surface area contributed by atoms with Gasteiger partial charge < -0.3 is 14.5 Å². The summed E-state index contributed by atoms with van der Waals surface area (Å²) in [7, 11) is 1.37. The minimum Gasteiger partial charge on any atom is -0.469 e. The number of methoxy groups -OCH3 is 1. The molecule has 19 heavy (non-hydrogen) atoms. The van der Waals surface area contributed by atoms with Gasteiger partial charge in [0.25, 0.3) is 0 Å². The van der Waals surface area contributed by atoms with Gasteiger partial charge in [-0.05, 0) is 19.5 Å². The van der Waals surface area contributed by atoms with Gasteiger partial charge in [0.15, 0.2) is 0 Å². The molecule has 0 aliphatic carbocycles. The highest BCUT2D eigenvalue weighted by atomic mass is 16.5. The van der Waals surface area contributed by atoms with Crippen molar-refractivity contribution in [3.05, 3.63) is 0 Å². The molecule has 0 rings (SSSR count). The fraction of sp³-hybridized carbons (Fsp3) is 0.857. The first-order valence-corrected chi connectivity index (χ1v) is 7.15. The van der Waals surface area contributed by atoms with Gasteiger partial charge >= 0.3 is 5.97 Å². The molecule has 0 heterocycles. The van der Waals surface area contributed by atoms with E-state index in [2.05, 4.69) is 23.5 Å². The molecule has 0 aliphatic heterocycles. The molecule has 0 aromatic heterocycles. The Morgan fingerprint density at radius 3 is 2.05 bits per heavy atom. The van der Waals surface area contributed by atoms with Crippen LogP contribution in [0, 0.1) is 0 Å². The minimum atomic E-state index is -0.267. The molecule has 0 saturated carbocycles. The Bertz CT molecular complexity index is 265. The molecule has 0 aromatic rings. The first-order chi connectivity index (χ1) is 9.08. The molecular weight excluding hydrogens is 244 g/mol. The second-order valence-electron chi connectivity index (χ2n) is 4.48. The van der Waals surface area contributed by atoms with E-state index in [1.165, 1.54) is 7.11 Å². The van der Waals surface area contributed by atoms with Crippen LogP contribution >= 0.6 is 0 Å². The Morgan fingerprint density at radius 2 is 1.58 bits per heavy atom. The average molecular weight is 272 g/mol. The summed E-state index contributed by atoms with van der Waals surface area (Å²) >= 11 is 0. The van der Waals surface area contributed by atoms with Crippen LogP contribution in [0.25, 0.3) is 0 Å². The summed E-state index contributed by atoms with van der Waals surface area (Å²) in [6, 6.07) is 0. The SMILES string of the molecule is CCCC(=O)N(CCC(=O)OC)CCN(CC)CC. The second-order valence-corrected chi connectivity index (χ2v) is 4.48. The molecule has 5 heteroatoms. The number of carbonyl (C=O) groups excluding carboxylic acids is 2. The molecule has 0 atom stereocenters. The molecule has 5 nitrogen and oxygen atoms in total. The van der Waals surface area contributed by atoms with Gasteiger partial charge in [0.05, 0.1) is 13.5 Å². The molecule has 0 saturated heterocycles. The Kier molecular flexibility index (Phi) is 10.2. The third-order valence-corrected chi connectivity index (χ3v) is 3.21. The van der Waals surface area contributed by atoms with E-state index >= 15 is 0 Å². The first kappa shape index (κ1) is 17.9. The maximum Gasteiger partial charge on any atom is 0.307 e. The minimum absolute atomic E-state index is 0.124. The zero-order valence-electron chi connectivity index (χ0n) is 12.8. The maximum atomic E-state index is 12.0. The number of likely N-dealkylation sites (N-methyl/N-ethyl adjacent to an activating group) is 1. The van der Waals surface area contributed by atoms with Crippen molar-refractivity contribution in [1.29, 1.82) is 0 Å². The summed E-state index contributed by atoms with van der Waals surface area (Å²) in [5, 5.41) is 0. The second kappa shape index (κ2) is 10.8. The molecule has 0 unspecified atom stereocenters. The van der Waals surface area contributed by atoms with E-state index in [0.29, 0.717) is 19.5 Å². The molecule has 1 amide bonds. The van der Waals surface area contributed by atoms with Gasteiger partial charge in [-0.2, -0.15) is 0 Å². The number of rotatable bonds is 10. The lowest BCUT2D eigenvalue weighted by atomic mass is 10.2. The zero-order chi connectivity index (χ0) is 14.7. The van der Waals surface area contributed by atoms with Crippen LogP contribution < -0.4 is 0 Å².